The quantitative estimate of drug-likeness (QED) is 0.866. The van der Waals surface area contributed by atoms with Crippen LogP contribution in [0.3, 0.4) is 0 Å². The van der Waals surface area contributed by atoms with Crippen molar-refractivity contribution < 1.29 is 0 Å². The Bertz CT molecular complexity index is 564. The third-order valence-corrected chi connectivity index (χ3v) is 3.88. The molecule has 0 amide bonds. The first-order valence-corrected chi connectivity index (χ1v) is 6.42. The fourth-order valence-corrected chi connectivity index (χ4v) is 3.05. The van der Waals surface area contributed by atoms with Gasteiger partial charge in [-0.05, 0) is 35.9 Å². The topological polar surface area (TPSA) is 59.5 Å². The first-order valence-electron chi connectivity index (χ1n) is 5.63. The molecule has 1 atom stereocenters. The summed E-state index contributed by atoms with van der Waals surface area (Å²) >= 11 is 3.47. The van der Waals surface area contributed by atoms with Crippen molar-refractivity contribution in [2.24, 2.45) is 0 Å². The number of likely N-dealkylation sites (N-methyl/N-ethyl adjacent to an activating group) is 1. The van der Waals surface area contributed by atoms with E-state index in [0.29, 0.717) is 11.7 Å². The molecule has 0 radical (unpaired) electrons. The zero-order chi connectivity index (χ0) is 12.0. The van der Waals surface area contributed by atoms with Crippen LogP contribution < -0.4 is 5.73 Å². The third-order valence-electron chi connectivity index (χ3n) is 3.32. The van der Waals surface area contributed by atoms with Gasteiger partial charge in [-0.25, -0.2) is 9.97 Å². The second kappa shape index (κ2) is 3.96. The largest absolute Gasteiger partial charge is 0.382 e. The van der Waals surface area contributed by atoms with Crippen LogP contribution in [0, 0.1) is 0 Å². The Morgan fingerprint density at radius 3 is 3.06 bits per heavy atom. The maximum Gasteiger partial charge on any atom is 0.150 e. The lowest BCUT2D eigenvalue weighted by atomic mass is 10.1. The molecular weight excluding hydrogens is 282 g/mol. The predicted molar refractivity (Wildman–Crippen MR) is 70.0 cm³/mol. The number of hydrogen-bond acceptors (Lipinski definition) is 4. The molecule has 1 unspecified atom stereocenters. The Morgan fingerprint density at radius 2 is 2.35 bits per heavy atom. The molecule has 1 saturated heterocycles. The van der Waals surface area contributed by atoms with E-state index in [4.69, 9.17) is 5.73 Å². The summed E-state index contributed by atoms with van der Waals surface area (Å²) < 4.78 is 2.84. The van der Waals surface area contributed by atoms with Crippen molar-refractivity contribution in [1.29, 1.82) is 0 Å². The van der Waals surface area contributed by atoms with Gasteiger partial charge in [0.1, 0.15) is 15.9 Å². The Kier molecular flexibility index (Phi) is 2.56. The fraction of sp³-hybridized carbons (Fsp3) is 0.455. The Balaban J connectivity index is 2.14. The second-order valence-corrected chi connectivity index (χ2v) is 5.29. The van der Waals surface area contributed by atoms with Gasteiger partial charge in [-0.2, -0.15) is 0 Å². The molecule has 6 heteroatoms. The van der Waals surface area contributed by atoms with E-state index in [1.54, 1.807) is 6.20 Å². The lowest BCUT2D eigenvalue weighted by molar-refractivity contribution is 0.409. The molecule has 0 aliphatic carbocycles. The smallest absolute Gasteiger partial charge is 0.150 e. The van der Waals surface area contributed by atoms with Gasteiger partial charge in [0.25, 0.3) is 0 Å². The van der Waals surface area contributed by atoms with Gasteiger partial charge in [0.2, 0.25) is 0 Å². The number of hydrogen-bond donors (Lipinski definition) is 1. The number of halogens is 1. The van der Waals surface area contributed by atoms with E-state index in [2.05, 4.69) is 42.2 Å². The molecule has 1 fully saturated rings. The standard InChI is InChI=1S/C11H14BrN5/c1-16-4-2-7(6-16)11-15-9(12)8-10(13)14-3-5-17(8)11/h3,5,7H,2,4,6H2,1H3,(H2,13,14). The molecule has 0 bridgehead atoms. The molecule has 3 heterocycles. The highest BCUT2D eigenvalue weighted by molar-refractivity contribution is 9.10. The first kappa shape index (κ1) is 11.0. The van der Waals surface area contributed by atoms with E-state index >= 15 is 0 Å². The average molecular weight is 296 g/mol. The van der Waals surface area contributed by atoms with E-state index in [9.17, 15) is 0 Å². The van der Waals surface area contributed by atoms with Crippen LogP contribution in [0.1, 0.15) is 18.2 Å². The van der Waals surface area contributed by atoms with Crippen LogP contribution >= 0.6 is 15.9 Å². The highest BCUT2D eigenvalue weighted by atomic mass is 79.9. The number of rotatable bonds is 1. The van der Waals surface area contributed by atoms with Crippen molar-refractivity contribution >= 4 is 27.3 Å². The molecule has 2 aromatic rings. The maximum absolute atomic E-state index is 5.88. The van der Waals surface area contributed by atoms with Crippen molar-refractivity contribution in [3.63, 3.8) is 0 Å². The van der Waals surface area contributed by atoms with E-state index in [1.807, 2.05) is 6.20 Å². The van der Waals surface area contributed by atoms with Crippen LogP contribution in [0.2, 0.25) is 0 Å². The van der Waals surface area contributed by atoms with Gasteiger partial charge < -0.3 is 10.6 Å². The molecule has 1 aliphatic heterocycles. The van der Waals surface area contributed by atoms with Crippen molar-refractivity contribution in [1.82, 2.24) is 19.3 Å². The number of aromatic nitrogens is 3. The van der Waals surface area contributed by atoms with Gasteiger partial charge in [0.05, 0.1) is 0 Å². The van der Waals surface area contributed by atoms with Crippen molar-refractivity contribution in [2.75, 3.05) is 25.9 Å². The van der Waals surface area contributed by atoms with Crippen molar-refractivity contribution in [3.05, 3.63) is 22.8 Å². The van der Waals surface area contributed by atoms with Crippen LogP contribution in [0.15, 0.2) is 17.0 Å². The van der Waals surface area contributed by atoms with Gasteiger partial charge in [0, 0.05) is 24.9 Å². The summed E-state index contributed by atoms with van der Waals surface area (Å²) in [6.07, 6.45) is 4.79. The number of anilines is 1. The van der Waals surface area contributed by atoms with E-state index in [1.165, 1.54) is 0 Å². The average Bonchev–Trinajstić information content (AvgIpc) is 2.84. The van der Waals surface area contributed by atoms with Crippen molar-refractivity contribution in [3.8, 4) is 0 Å². The molecule has 90 valence electrons. The fourth-order valence-electron chi connectivity index (χ4n) is 2.48. The van der Waals surface area contributed by atoms with Gasteiger partial charge in [0.15, 0.2) is 5.82 Å². The number of nitrogens with zero attached hydrogens (tertiary/aromatic N) is 4. The van der Waals surface area contributed by atoms with Crippen LogP contribution in [0.5, 0.6) is 0 Å². The molecule has 0 aromatic carbocycles. The van der Waals surface area contributed by atoms with Crippen LogP contribution in [-0.4, -0.2) is 39.4 Å². The molecule has 1 aliphatic rings. The number of nitrogen functional groups attached to an aromatic ring is 1. The van der Waals surface area contributed by atoms with E-state index in [-0.39, 0.29) is 0 Å². The normalized spacial score (nSPS) is 21.4. The number of likely N-dealkylation sites (tertiary alicyclic amines) is 1. The Labute approximate surface area is 108 Å². The highest BCUT2D eigenvalue weighted by Crippen LogP contribution is 2.30. The van der Waals surface area contributed by atoms with Crippen LogP contribution in [0.4, 0.5) is 5.82 Å². The molecule has 3 rings (SSSR count). The lowest BCUT2D eigenvalue weighted by Gasteiger charge is -2.09. The van der Waals surface area contributed by atoms with Crippen LogP contribution in [-0.2, 0) is 0 Å². The molecule has 2 N–H and O–H groups in total. The second-order valence-electron chi connectivity index (χ2n) is 4.54. The van der Waals surface area contributed by atoms with Crippen molar-refractivity contribution in [2.45, 2.75) is 12.3 Å². The molecule has 5 nitrogen and oxygen atoms in total. The van der Waals surface area contributed by atoms with Gasteiger partial charge in [-0.1, -0.05) is 0 Å². The lowest BCUT2D eigenvalue weighted by Crippen LogP contribution is -2.14. The van der Waals surface area contributed by atoms with Crippen LogP contribution in [0.25, 0.3) is 5.52 Å². The minimum absolute atomic E-state index is 0.473. The summed E-state index contributed by atoms with van der Waals surface area (Å²) in [6, 6.07) is 0. The van der Waals surface area contributed by atoms with E-state index in [0.717, 1.165) is 35.5 Å². The third kappa shape index (κ3) is 1.71. The Morgan fingerprint density at radius 1 is 1.53 bits per heavy atom. The van der Waals surface area contributed by atoms with E-state index < -0.39 is 0 Å². The molecular formula is C11H14BrN5. The monoisotopic (exact) mass is 295 g/mol. The molecule has 17 heavy (non-hydrogen) atoms. The SMILES string of the molecule is CN1CCC(c2nc(Br)c3c(N)nccn23)C1. The number of imidazole rings is 1. The summed E-state index contributed by atoms with van der Waals surface area (Å²) in [6.45, 7) is 2.17. The number of fused-ring (bicyclic) bond motifs is 1. The highest BCUT2D eigenvalue weighted by Gasteiger charge is 2.26. The molecule has 0 saturated carbocycles. The number of nitrogens with two attached hydrogens (primary N) is 1. The van der Waals surface area contributed by atoms with Gasteiger partial charge >= 0.3 is 0 Å². The molecule has 0 spiro atoms. The van der Waals surface area contributed by atoms with Gasteiger partial charge in [-0.3, -0.25) is 4.40 Å². The summed E-state index contributed by atoms with van der Waals surface area (Å²) in [7, 11) is 2.14. The molecule has 2 aromatic heterocycles. The summed E-state index contributed by atoms with van der Waals surface area (Å²) in [5.74, 6) is 2.07. The first-order chi connectivity index (χ1) is 8.16. The summed E-state index contributed by atoms with van der Waals surface area (Å²) in [4.78, 5) is 11.0. The zero-order valence-electron chi connectivity index (χ0n) is 9.60. The van der Waals surface area contributed by atoms with Gasteiger partial charge in [-0.15, -0.1) is 0 Å². The predicted octanol–water partition coefficient (Wildman–Crippen LogP) is 1.49. The Hall–Kier alpha value is -1.14. The maximum atomic E-state index is 5.88. The minimum Gasteiger partial charge on any atom is -0.382 e. The summed E-state index contributed by atoms with van der Waals surface area (Å²) in [5.41, 5.74) is 6.76. The minimum atomic E-state index is 0.473. The summed E-state index contributed by atoms with van der Waals surface area (Å²) in [5, 5.41) is 0. The zero-order valence-corrected chi connectivity index (χ0v) is 11.2.